The van der Waals surface area contributed by atoms with Crippen molar-refractivity contribution >= 4 is 21.6 Å². The molecule has 19 heavy (non-hydrogen) atoms. The summed E-state index contributed by atoms with van der Waals surface area (Å²) < 4.78 is 5.26. The molecule has 0 N–H and O–H groups in total. The lowest BCUT2D eigenvalue weighted by Crippen LogP contribution is -2.37. The molecule has 1 aromatic carbocycles. The monoisotopic (exact) mass is 327 g/mol. The molecule has 0 amide bonds. The molecule has 0 saturated carbocycles. The second kappa shape index (κ2) is 8.60. The van der Waals surface area contributed by atoms with Crippen LogP contribution >= 0.6 is 15.9 Å². The van der Waals surface area contributed by atoms with E-state index in [-0.39, 0.29) is 0 Å². The first-order valence-corrected chi connectivity index (χ1v) is 8.21. The van der Waals surface area contributed by atoms with Gasteiger partial charge in [0, 0.05) is 30.7 Å². The van der Waals surface area contributed by atoms with Gasteiger partial charge in [0.1, 0.15) is 0 Å². The lowest BCUT2D eigenvalue weighted by atomic mass is 10.1. The number of anilines is 1. The standard InChI is InChI=1S/C16H26BrNO/c1-5-15(6-2)18(9-10-19-4)16-8-7-14(12-17)13(3)11-16/h7-8,11,15H,5-6,9-10,12H2,1-4H3. The number of hydrogen-bond donors (Lipinski definition) is 0. The van der Waals surface area contributed by atoms with E-state index >= 15 is 0 Å². The second-order valence-electron chi connectivity index (χ2n) is 4.90. The molecule has 0 spiro atoms. The largest absolute Gasteiger partial charge is 0.383 e. The second-order valence-corrected chi connectivity index (χ2v) is 5.46. The molecular weight excluding hydrogens is 302 g/mol. The molecule has 2 nitrogen and oxygen atoms in total. The number of ether oxygens (including phenoxy) is 1. The van der Waals surface area contributed by atoms with Crippen molar-refractivity contribution in [2.45, 2.75) is 45.0 Å². The predicted octanol–water partition coefficient (Wildman–Crippen LogP) is 4.53. The molecule has 0 aliphatic rings. The molecule has 0 saturated heterocycles. The summed E-state index contributed by atoms with van der Waals surface area (Å²) in [6, 6.07) is 7.34. The van der Waals surface area contributed by atoms with Crippen LogP contribution in [0.4, 0.5) is 5.69 Å². The minimum absolute atomic E-state index is 0.587. The Morgan fingerprint density at radius 1 is 1.26 bits per heavy atom. The number of halogens is 1. The third-order valence-corrected chi connectivity index (χ3v) is 4.33. The van der Waals surface area contributed by atoms with Crippen LogP contribution in [0.25, 0.3) is 0 Å². The van der Waals surface area contributed by atoms with Crippen LogP contribution in [0.1, 0.15) is 37.8 Å². The van der Waals surface area contributed by atoms with E-state index in [1.165, 1.54) is 29.7 Å². The summed E-state index contributed by atoms with van der Waals surface area (Å²) in [5.41, 5.74) is 4.02. The normalized spacial score (nSPS) is 11.1. The number of hydrogen-bond acceptors (Lipinski definition) is 2. The summed E-state index contributed by atoms with van der Waals surface area (Å²) in [5.74, 6) is 0. The van der Waals surface area contributed by atoms with Crippen molar-refractivity contribution in [2.75, 3.05) is 25.2 Å². The van der Waals surface area contributed by atoms with E-state index < -0.39 is 0 Å². The zero-order chi connectivity index (χ0) is 14.3. The van der Waals surface area contributed by atoms with Crippen LogP contribution in [-0.2, 0) is 10.1 Å². The van der Waals surface area contributed by atoms with Gasteiger partial charge in [-0.25, -0.2) is 0 Å². The molecule has 0 aromatic heterocycles. The van der Waals surface area contributed by atoms with Gasteiger partial charge in [-0.05, 0) is 43.0 Å². The van der Waals surface area contributed by atoms with Gasteiger partial charge in [-0.15, -0.1) is 0 Å². The van der Waals surface area contributed by atoms with Crippen LogP contribution in [0.3, 0.4) is 0 Å². The Morgan fingerprint density at radius 3 is 2.42 bits per heavy atom. The fraction of sp³-hybridized carbons (Fsp3) is 0.625. The van der Waals surface area contributed by atoms with Crippen molar-refractivity contribution in [1.82, 2.24) is 0 Å². The molecule has 0 unspecified atom stereocenters. The molecular formula is C16H26BrNO. The average Bonchev–Trinajstić information content (AvgIpc) is 2.43. The van der Waals surface area contributed by atoms with E-state index in [0.29, 0.717) is 6.04 Å². The number of aryl methyl sites for hydroxylation is 1. The lowest BCUT2D eigenvalue weighted by Gasteiger charge is -2.33. The molecule has 0 atom stereocenters. The Kier molecular flexibility index (Phi) is 7.47. The quantitative estimate of drug-likeness (QED) is 0.650. The molecule has 0 bridgehead atoms. The van der Waals surface area contributed by atoms with Crippen LogP contribution in [-0.4, -0.2) is 26.3 Å². The SMILES string of the molecule is CCC(CC)N(CCOC)c1ccc(CBr)c(C)c1. The van der Waals surface area contributed by atoms with Crippen LogP contribution in [0, 0.1) is 6.92 Å². The van der Waals surface area contributed by atoms with Crippen LogP contribution in [0.5, 0.6) is 0 Å². The Labute approximate surface area is 126 Å². The van der Waals surface area contributed by atoms with Gasteiger partial charge < -0.3 is 9.64 Å². The Bertz CT molecular complexity index is 377. The Balaban J connectivity index is 2.98. The Morgan fingerprint density at radius 2 is 1.95 bits per heavy atom. The fourth-order valence-electron chi connectivity index (χ4n) is 2.45. The number of benzene rings is 1. The zero-order valence-corrected chi connectivity index (χ0v) is 14.2. The Hall–Kier alpha value is -0.540. The molecule has 0 radical (unpaired) electrons. The summed E-state index contributed by atoms with van der Waals surface area (Å²) in [6.45, 7) is 8.43. The number of rotatable bonds is 8. The molecule has 1 rings (SSSR count). The fourth-order valence-corrected chi connectivity index (χ4v) is 3.08. The number of nitrogens with zero attached hydrogens (tertiary/aromatic N) is 1. The highest BCUT2D eigenvalue weighted by molar-refractivity contribution is 9.08. The van der Waals surface area contributed by atoms with E-state index in [4.69, 9.17) is 4.74 Å². The molecule has 0 fully saturated rings. The molecule has 3 heteroatoms. The van der Waals surface area contributed by atoms with Gasteiger partial charge in [0.05, 0.1) is 6.61 Å². The van der Waals surface area contributed by atoms with Crippen LogP contribution < -0.4 is 4.90 Å². The maximum Gasteiger partial charge on any atom is 0.0637 e. The minimum Gasteiger partial charge on any atom is -0.383 e. The van der Waals surface area contributed by atoms with Crippen molar-refractivity contribution in [3.8, 4) is 0 Å². The highest BCUT2D eigenvalue weighted by atomic mass is 79.9. The maximum atomic E-state index is 5.26. The van der Waals surface area contributed by atoms with E-state index in [1.54, 1.807) is 7.11 Å². The lowest BCUT2D eigenvalue weighted by molar-refractivity contribution is 0.202. The van der Waals surface area contributed by atoms with Crippen molar-refractivity contribution in [3.05, 3.63) is 29.3 Å². The summed E-state index contributed by atoms with van der Waals surface area (Å²) in [7, 11) is 1.77. The van der Waals surface area contributed by atoms with E-state index in [1.807, 2.05) is 0 Å². The minimum atomic E-state index is 0.587. The third kappa shape index (κ3) is 4.50. The first-order chi connectivity index (χ1) is 9.17. The van der Waals surface area contributed by atoms with E-state index in [0.717, 1.165) is 18.5 Å². The third-order valence-electron chi connectivity index (χ3n) is 3.72. The van der Waals surface area contributed by atoms with E-state index in [2.05, 4.69) is 59.8 Å². The summed E-state index contributed by atoms with van der Waals surface area (Å²) >= 11 is 3.53. The first kappa shape index (κ1) is 16.5. The van der Waals surface area contributed by atoms with Gasteiger partial charge >= 0.3 is 0 Å². The van der Waals surface area contributed by atoms with Crippen molar-refractivity contribution in [2.24, 2.45) is 0 Å². The average molecular weight is 328 g/mol. The molecule has 0 aliphatic carbocycles. The smallest absolute Gasteiger partial charge is 0.0637 e. The van der Waals surface area contributed by atoms with Crippen molar-refractivity contribution < 1.29 is 4.74 Å². The first-order valence-electron chi connectivity index (χ1n) is 7.08. The highest BCUT2D eigenvalue weighted by Gasteiger charge is 2.16. The molecule has 1 aromatic rings. The van der Waals surface area contributed by atoms with Gasteiger partial charge in [0.15, 0.2) is 0 Å². The predicted molar refractivity (Wildman–Crippen MR) is 87.4 cm³/mol. The van der Waals surface area contributed by atoms with Gasteiger partial charge in [-0.1, -0.05) is 35.8 Å². The summed E-state index contributed by atoms with van der Waals surface area (Å²) in [5, 5.41) is 0.919. The summed E-state index contributed by atoms with van der Waals surface area (Å²) in [6.07, 6.45) is 2.33. The van der Waals surface area contributed by atoms with Gasteiger partial charge in [0.25, 0.3) is 0 Å². The van der Waals surface area contributed by atoms with Crippen LogP contribution in [0.2, 0.25) is 0 Å². The molecule has 108 valence electrons. The highest BCUT2D eigenvalue weighted by Crippen LogP contribution is 2.24. The topological polar surface area (TPSA) is 12.5 Å². The summed E-state index contributed by atoms with van der Waals surface area (Å²) in [4.78, 5) is 2.48. The maximum absolute atomic E-state index is 5.26. The van der Waals surface area contributed by atoms with Crippen LogP contribution in [0.15, 0.2) is 18.2 Å². The number of alkyl halides is 1. The molecule has 0 aliphatic heterocycles. The van der Waals surface area contributed by atoms with Gasteiger partial charge in [-0.2, -0.15) is 0 Å². The van der Waals surface area contributed by atoms with Crippen molar-refractivity contribution in [3.63, 3.8) is 0 Å². The van der Waals surface area contributed by atoms with Gasteiger partial charge in [-0.3, -0.25) is 0 Å². The number of methoxy groups -OCH3 is 1. The zero-order valence-electron chi connectivity index (χ0n) is 12.6. The van der Waals surface area contributed by atoms with Gasteiger partial charge in [0.2, 0.25) is 0 Å². The van der Waals surface area contributed by atoms with E-state index in [9.17, 15) is 0 Å². The van der Waals surface area contributed by atoms with Crippen molar-refractivity contribution in [1.29, 1.82) is 0 Å². The molecule has 0 heterocycles.